The van der Waals surface area contributed by atoms with Crippen molar-refractivity contribution >= 4 is 20.8 Å². The van der Waals surface area contributed by atoms with Crippen LogP contribution in [0.25, 0.3) is 10.8 Å². The molecule has 0 spiro atoms. The molecule has 0 radical (unpaired) electrons. The third kappa shape index (κ3) is 3.74. The van der Waals surface area contributed by atoms with Gasteiger partial charge in [-0.3, -0.25) is 4.98 Å². The van der Waals surface area contributed by atoms with E-state index in [1.165, 1.54) is 12.3 Å². The van der Waals surface area contributed by atoms with E-state index in [0.717, 1.165) is 5.39 Å². The molecule has 2 rings (SSSR count). The summed E-state index contributed by atoms with van der Waals surface area (Å²) in [7, 11) is -3.66. The molecule has 0 saturated heterocycles. The van der Waals surface area contributed by atoms with Crippen LogP contribution < -0.4 is 16.6 Å². The van der Waals surface area contributed by atoms with Gasteiger partial charge in [0.25, 0.3) is 0 Å². The molecule has 1 heterocycles. The highest BCUT2D eigenvalue weighted by Gasteiger charge is 2.10. The van der Waals surface area contributed by atoms with Crippen LogP contribution >= 0.6 is 0 Å². The molecule has 98 valence electrons. The van der Waals surface area contributed by atoms with Crippen molar-refractivity contribution in [1.29, 1.82) is 0 Å². The van der Waals surface area contributed by atoms with Crippen LogP contribution in [0.3, 0.4) is 0 Å². The molecule has 2 aromatic rings. The average Bonchev–Trinajstić information content (AvgIpc) is 2.37. The molecule has 0 bridgehead atoms. The number of hydrogen-bond acceptors (Lipinski definition) is 5. The highest BCUT2D eigenvalue weighted by molar-refractivity contribution is 7.89. The van der Waals surface area contributed by atoms with E-state index in [1.807, 2.05) is 0 Å². The van der Waals surface area contributed by atoms with E-state index < -0.39 is 10.0 Å². The minimum atomic E-state index is -3.66. The van der Waals surface area contributed by atoms with Crippen molar-refractivity contribution in [2.24, 2.45) is 16.6 Å². The van der Waals surface area contributed by atoms with Crippen LogP contribution in [-0.4, -0.2) is 26.5 Å². The summed E-state index contributed by atoms with van der Waals surface area (Å²) in [5.74, 6) is 0. The molecule has 1 aromatic heterocycles. The first-order chi connectivity index (χ1) is 8.50. The fourth-order valence-corrected chi connectivity index (χ4v) is 2.10. The van der Waals surface area contributed by atoms with E-state index in [-0.39, 0.29) is 4.90 Å². The summed E-state index contributed by atoms with van der Waals surface area (Å²) < 4.78 is 22.4. The molecule has 7 heteroatoms. The Kier molecular flexibility index (Phi) is 5.17. The summed E-state index contributed by atoms with van der Waals surface area (Å²) in [6.45, 7) is 1.19. The number of primary sulfonamides is 1. The highest BCUT2D eigenvalue weighted by Crippen LogP contribution is 2.20. The van der Waals surface area contributed by atoms with Gasteiger partial charge in [0.2, 0.25) is 10.0 Å². The fourth-order valence-electron chi connectivity index (χ4n) is 1.34. The Morgan fingerprint density at radius 3 is 2.33 bits per heavy atom. The van der Waals surface area contributed by atoms with Gasteiger partial charge in [-0.15, -0.1) is 0 Å². The van der Waals surface area contributed by atoms with Crippen molar-refractivity contribution in [2.45, 2.75) is 4.90 Å². The van der Waals surface area contributed by atoms with Crippen molar-refractivity contribution in [3.8, 4) is 0 Å². The van der Waals surface area contributed by atoms with Crippen LogP contribution in [0, 0.1) is 0 Å². The van der Waals surface area contributed by atoms with Crippen molar-refractivity contribution in [1.82, 2.24) is 4.98 Å². The van der Waals surface area contributed by atoms with Crippen LogP contribution in [0.15, 0.2) is 41.6 Å². The monoisotopic (exact) mass is 268 g/mol. The Morgan fingerprint density at radius 2 is 1.78 bits per heavy atom. The predicted molar refractivity (Wildman–Crippen MR) is 71.2 cm³/mol. The summed E-state index contributed by atoms with van der Waals surface area (Å²) in [5.41, 5.74) is 9.81. The van der Waals surface area contributed by atoms with Gasteiger partial charge in [-0.05, 0) is 12.1 Å². The fraction of sp³-hybridized carbons (Fsp3) is 0.182. The maximum atomic E-state index is 11.2. The van der Waals surface area contributed by atoms with Gasteiger partial charge >= 0.3 is 0 Å². The molecule has 0 saturated carbocycles. The molecule has 1 aromatic carbocycles. The predicted octanol–water partition coefficient (Wildman–Crippen LogP) is -0.214. The lowest BCUT2D eigenvalue weighted by Gasteiger charge is -2.02. The smallest absolute Gasteiger partial charge is 0.238 e. The summed E-state index contributed by atoms with van der Waals surface area (Å²) >= 11 is 0. The zero-order valence-corrected chi connectivity index (χ0v) is 10.6. The van der Waals surface area contributed by atoms with Gasteiger partial charge in [-0.2, -0.15) is 0 Å². The van der Waals surface area contributed by atoms with Gasteiger partial charge in [-0.25, -0.2) is 13.6 Å². The molecule has 6 nitrogen and oxygen atoms in total. The normalized spacial score (nSPS) is 10.8. The molecule has 6 N–H and O–H groups in total. The van der Waals surface area contributed by atoms with Crippen LogP contribution in [0.2, 0.25) is 0 Å². The Balaban J connectivity index is 0.000000357. The average molecular weight is 268 g/mol. The molecular weight excluding hydrogens is 252 g/mol. The number of aromatic nitrogens is 1. The topological polar surface area (TPSA) is 125 Å². The summed E-state index contributed by atoms with van der Waals surface area (Å²) in [6.07, 6.45) is 3.14. The molecule has 0 atom stereocenters. The van der Waals surface area contributed by atoms with Crippen LogP contribution in [0.5, 0.6) is 0 Å². The third-order valence-electron chi connectivity index (χ3n) is 2.11. The van der Waals surface area contributed by atoms with E-state index in [0.29, 0.717) is 18.5 Å². The number of benzene rings is 1. The molecule has 18 heavy (non-hydrogen) atoms. The van der Waals surface area contributed by atoms with E-state index in [4.69, 9.17) is 16.6 Å². The lowest BCUT2D eigenvalue weighted by Crippen LogP contribution is -2.12. The van der Waals surface area contributed by atoms with Crippen molar-refractivity contribution in [3.63, 3.8) is 0 Å². The molecule has 0 amide bonds. The Morgan fingerprint density at radius 1 is 1.11 bits per heavy atom. The first-order valence-corrected chi connectivity index (χ1v) is 6.81. The number of fused-ring (bicyclic) bond motifs is 1. The van der Waals surface area contributed by atoms with Gasteiger partial charge < -0.3 is 11.5 Å². The summed E-state index contributed by atoms with van der Waals surface area (Å²) in [4.78, 5) is 4.04. The largest absolute Gasteiger partial charge is 0.329 e. The minimum absolute atomic E-state index is 0.136. The van der Waals surface area contributed by atoms with E-state index in [1.54, 1.807) is 24.4 Å². The van der Waals surface area contributed by atoms with Gasteiger partial charge in [0.05, 0.1) is 4.90 Å². The van der Waals surface area contributed by atoms with Crippen LogP contribution in [-0.2, 0) is 10.0 Å². The number of hydrogen-bond donors (Lipinski definition) is 3. The number of sulfonamides is 1. The van der Waals surface area contributed by atoms with E-state index in [9.17, 15) is 8.42 Å². The maximum Gasteiger partial charge on any atom is 0.238 e. The summed E-state index contributed by atoms with van der Waals surface area (Å²) in [5, 5.41) is 6.44. The van der Waals surface area contributed by atoms with Crippen molar-refractivity contribution < 1.29 is 8.42 Å². The second-order valence-electron chi connectivity index (χ2n) is 3.48. The molecular formula is C11H16N4O2S. The molecule has 0 aliphatic rings. The standard InChI is InChI=1S/C9H8N2O2S.C2H8N2/c10-14(12,13)9-3-1-2-7-6-11-5-4-8(7)9;3-1-2-4/h1-6H,(H2,10,12,13);1-4H2. The quantitative estimate of drug-likeness (QED) is 0.694. The van der Waals surface area contributed by atoms with Gasteiger partial charge in [-0.1, -0.05) is 12.1 Å². The Bertz CT molecular complexity index is 606. The van der Waals surface area contributed by atoms with Gasteiger partial charge in [0.1, 0.15) is 0 Å². The Hall–Kier alpha value is -1.54. The maximum absolute atomic E-state index is 11.2. The third-order valence-corrected chi connectivity index (χ3v) is 3.08. The zero-order valence-electron chi connectivity index (χ0n) is 9.78. The number of rotatable bonds is 2. The highest BCUT2D eigenvalue weighted by atomic mass is 32.2. The second-order valence-corrected chi connectivity index (χ2v) is 5.01. The molecule has 0 aliphatic carbocycles. The first-order valence-electron chi connectivity index (χ1n) is 5.26. The van der Waals surface area contributed by atoms with Gasteiger partial charge in [0.15, 0.2) is 0 Å². The Labute approximate surface area is 106 Å². The summed E-state index contributed by atoms with van der Waals surface area (Å²) in [6, 6.07) is 6.55. The van der Waals surface area contributed by atoms with Gasteiger partial charge in [0, 0.05) is 36.3 Å². The lowest BCUT2D eigenvalue weighted by molar-refractivity contribution is 0.598. The number of nitrogens with zero attached hydrogens (tertiary/aromatic N) is 1. The molecule has 0 aliphatic heterocycles. The van der Waals surface area contributed by atoms with Crippen molar-refractivity contribution in [3.05, 3.63) is 36.7 Å². The van der Waals surface area contributed by atoms with E-state index in [2.05, 4.69) is 4.98 Å². The SMILES string of the molecule is NCCN.NS(=O)(=O)c1cccc2cnccc12. The molecule has 0 fully saturated rings. The minimum Gasteiger partial charge on any atom is -0.329 e. The van der Waals surface area contributed by atoms with Crippen molar-refractivity contribution in [2.75, 3.05) is 13.1 Å². The molecule has 0 unspecified atom stereocenters. The van der Waals surface area contributed by atoms with Crippen LogP contribution in [0.4, 0.5) is 0 Å². The number of nitrogens with two attached hydrogens (primary N) is 3. The zero-order chi connectivity index (χ0) is 13.6. The first kappa shape index (κ1) is 14.5. The van der Waals surface area contributed by atoms with E-state index >= 15 is 0 Å². The lowest BCUT2D eigenvalue weighted by atomic mass is 10.2. The second kappa shape index (κ2) is 6.41. The number of pyridine rings is 1. The van der Waals surface area contributed by atoms with Crippen LogP contribution in [0.1, 0.15) is 0 Å².